The zero-order chi connectivity index (χ0) is 13.2. The molecule has 2 aromatic rings. The molecule has 1 aliphatic rings. The lowest BCUT2D eigenvalue weighted by Gasteiger charge is -2.34. The minimum absolute atomic E-state index is 0.263. The highest BCUT2D eigenvalue weighted by Gasteiger charge is 2.26. The van der Waals surface area contributed by atoms with Gasteiger partial charge in [-0.2, -0.15) is 5.10 Å². The Morgan fingerprint density at radius 2 is 2.42 bits per heavy atom. The Balaban J connectivity index is 1.77. The third-order valence-electron chi connectivity index (χ3n) is 3.36. The average molecular weight is 278 g/mol. The van der Waals surface area contributed by atoms with E-state index in [9.17, 15) is 0 Å². The Bertz CT molecular complexity index is 550. The molecule has 5 nitrogen and oxygen atoms in total. The van der Waals surface area contributed by atoms with Gasteiger partial charge in [0, 0.05) is 37.3 Å². The van der Waals surface area contributed by atoms with Crippen LogP contribution in [0.25, 0.3) is 0 Å². The summed E-state index contributed by atoms with van der Waals surface area (Å²) in [6.07, 6.45) is 4.00. The molecule has 0 N–H and O–H groups in total. The van der Waals surface area contributed by atoms with Gasteiger partial charge >= 0.3 is 0 Å². The van der Waals surface area contributed by atoms with Gasteiger partial charge in [0.25, 0.3) is 0 Å². The highest BCUT2D eigenvalue weighted by Crippen LogP contribution is 2.26. The van der Waals surface area contributed by atoms with Crippen molar-refractivity contribution in [1.82, 2.24) is 19.7 Å². The Labute approximate surface area is 116 Å². The van der Waals surface area contributed by atoms with Crippen LogP contribution in [0, 0.1) is 6.92 Å². The molecule has 3 rings (SSSR count). The molecule has 0 aliphatic carbocycles. The maximum atomic E-state index is 5.62. The third kappa shape index (κ3) is 2.86. The first-order valence-electron chi connectivity index (χ1n) is 6.44. The van der Waals surface area contributed by atoms with E-state index >= 15 is 0 Å². The van der Waals surface area contributed by atoms with Crippen molar-refractivity contribution in [2.75, 3.05) is 19.8 Å². The lowest BCUT2D eigenvalue weighted by molar-refractivity contribution is -0.0140. The topological polar surface area (TPSA) is 43.2 Å². The van der Waals surface area contributed by atoms with Crippen LogP contribution in [0.3, 0.4) is 0 Å². The normalized spacial score (nSPS) is 20.8. The first kappa shape index (κ1) is 12.8. The van der Waals surface area contributed by atoms with Crippen LogP contribution in [0.5, 0.6) is 0 Å². The fraction of sp³-hybridized carbons (Fsp3) is 0.538. The molecule has 0 bridgehead atoms. The van der Waals surface area contributed by atoms with Crippen molar-refractivity contribution in [3.8, 4) is 0 Å². The predicted octanol–water partition coefficient (Wildman–Crippen LogP) is 1.76. The molecule has 1 aliphatic heterocycles. The second kappa shape index (κ2) is 5.40. The van der Waals surface area contributed by atoms with Crippen LogP contribution in [-0.2, 0) is 18.3 Å². The van der Waals surface area contributed by atoms with Crippen molar-refractivity contribution in [2.24, 2.45) is 7.05 Å². The molecule has 0 aromatic carbocycles. The highest BCUT2D eigenvalue weighted by atomic mass is 32.1. The number of aromatic nitrogens is 3. The number of thiazole rings is 1. The van der Waals surface area contributed by atoms with Gasteiger partial charge in [-0.3, -0.25) is 9.58 Å². The summed E-state index contributed by atoms with van der Waals surface area (Å²) < 4.78 is 7.47. The number of hydrogen-bond acceptors (Lipinski definition) is 5. The van der Waals surface area contributed by atoms with Crippen LogP contribution in [-0.4, -0.2) is 39.4 Å². The van der Waals surface area contributed by atoms with Crippen LogP contribution >= 0.6 is 11.3 Å². The lowest BCUT2D eigenvalue weighted by Crippen LogP contribution is -2.39. The number of nitrogens with zero attached hydrogens (tertiary/aromatic N) is 4. The van der Waals surface area contributed by atoms with Crippen LogP contribution in [0.2, 0.25) is 0 Å². The molecule has 0 radical (unpaired) electrons. The van der Waals surface area contributed by atoms with Crippen LogP contribution in [0.1, 0.15) is 22.3 Å². The number of rotatable bonds is 3. The van der Waals surface area contributed by atoms with E-state index in [1.165, 1.54) is 5.56 Å². The Morgan fingerprint density at radius 3 is 3.11 bits per heavy atom. The van der Waals surface area contributed by atoms with Crippen LogP contribution < -0.4 is 0 Å². The van der Waals surface area contributed by atoms with E-state index in [0.29, 0.717) is 0 Å². The van der Waals surface area contributed by atoms with Gasteiger partial charge in [0.05, 0.1) is 36.2 Å². The van der Waals surface area contributed by atoms with Crippen molar-refractivity contribution in [3.05, 3.63) is 34.0 Å². The summed E-state index contributed by atoms with van der Waals surface area (Å²) >= 11 is 1.70. The van der Waals surface area contributed by atoms with Crippen molar-refractivity contribution in [2.45, 2.75) is 19.5 Å². The Morgan fingerprint density at radius 1 is 1.53 bits per heavy atom. The number of hydrogen-bond donors (Lipinski definition) is 0. The van der Waals surface area contributed by atoms with Gasteiger partial charge in [-0.1, -0.05) is 0 Å². The van der Waals surface area contributed by atoms with Gasteiger partial charge in [0.2, 0.25) is 0 Å². The van der Waals surface area contributed by atoms with Gasteiger partial charge in [-0.15, -0.1) is 11.3 Å². The molecule has 19 heavy (non-hydrogen) atoms. The van der Waals surface area contributed by atoms with Crippen molar-refractivity contribution < 1.29 is 4.74 Å². The predicted molar refractivity (Wildman–Crippen MR) is 74.0 cm³/mol. The molecule has 1 atom stereocenters. The van der Waals surface area contributed by atoms with Crippen molar-refractivity contribution in [1.29, 1.82) is 0 Å². The summed E-state index contributed by atoms with van der Waals surface area (Å²) in [5.41, 5.74) is 2.37. The minimum atomic E-state index is 0.263. The molecule has 0 saturated carbocycles. The Kier molecular flexibility index (Phi) is 3.63. The van der Waals surface area contributed by atoms with E-state index in [2.05, 4.69) is 26.6 Å². The second-order valence-corrected chi connectivity index (χ2v) is 5.94. The van der Waals surface area contributed by atoms with Gasteiger partial charge in [0.1, 0.15) is 0 Å². The molecule has 2 aromatic heterocycles. The summed E-state index contributed by atoms with van der Waals surface area (Å²) in [6.45, 7) is 5.40. The summed E-state index contributed by atoms with van der Waals surface area (Å²) in [4.78, 5) is 7.03. The van der Waals surface area contributed by atoms with E-state index in [4.69, 9.17) is 4.74 Å². The SMILES string of the molecule is Cc1nc(C2COCCN2Cc2cnn(C)c2)cs1. The van der Waals surface area contributed by atoms with Gasteiger partial charge in [-0.25, -0.2) is 4.98 Å². The lowest BCUT2D eigenvalue weighted by atomic mass is 10.1. The van der Waals surface area contributed by atoms with Gasteiger partial charge in [0.15, 0.2) is 0 Å². The summed E-state index contributed by atoms with van der Waals surface area (Å²) in [5.74, 6) is 0. The standard InChI is InChI=1S/C13H18N4OS/c1-10-15-12(9-19-10)13-8-18-4-3-17(13)7-11-5-14-16(2)6-11/h5-6,9,13H,3-4,7-8H2,1-2H3. The van der Waals surface area contributed by atoms with E-state index in [1.54, 1.807) is 11.3 Å². The first-order chi connectivity index (χ1) is 9.22. The number of morpholine rings is 1. The quantitative estimate of drug-likeness (QED) is 0.858. The fourth-order valence-electron chi connectivity index (χ4n) is 2.42. The maximum absolute atomic E-state index is 5.62. The zero-order valence-electron chi connectivity index (χ0n) is 11.2. The molecule has 0 amide bonds. The van der Waals surface area contributed by atoms with E-state index < -0.39 is 0 Å². The maximum Gasteiger partial charge on any atom is 0.0898 e. The molecule has 0 spiro atoms. The first-order valence-corrected chi connectivity index (χ1v) is 7.31. The Hall–Kier alpha value is -1.24. The zero-order valence-corrected chi connectivity index (χ0v) is 12.1. The van der Waals surface area contributed by atoms with Crippen molar-refractivity contribution in [3.63, 3.8) is 0 Å². The molecule has 1 fully saturated rings. The van der Waals surface area contributed by atoms with E-state index in [-0.39, 0.29) is 6.04 Å². The molecule has 1 unspecified atom stereocenters. The largest absolute Gasteiger partial charge is 0.378 e. The third-order valence-corrected chi connectivity index (χ3v) is 4.15. The molecule has 102 valence electrons. The fourth-order valence-corrected chi connectivity index (χ4v) is 3.08. The summed E-state index contributed by atoms with van der Waals surface area (Å²) in [7, 11) is 1.95. The summed E-state index contributed by atoms with van der Waals surface area (Å²) in [6, 6.07) is 0.263. The summed E-state index contributed by atoms with van der Waals surface area (Å²) in [5, 5.41) is 7.49. The molecule has 6 heteroatoms. The molecule has 3 heterocycles. The number of ether oxygens (including phenoxy) is 1. The number of aryl methyl sites for hydroxylation is 2. The second-order valence-electron chi connectivity index (χ2n) is 4.87. The molecular formula is C13H18N4OS. The van der Waals surface area contributed by atoms with Crippen molar-refractivity contribution >= 4 is 11.3 Å². The average Bonchev–Trinajstić information content (AvgIpc) is 2.99. The van der Waals surface area contributed by atoms with E-state index in [0.717, 1.165) is 37.0 Å². The highest BCUT2D eigenvalue weighted by molar-refractivity contribution is 7.09. The smallest absolute Gasteiger partial charge is 0.0898 e. The van der Waals surface area contributed by atoms with E-state index in [1.807, 2.05) is 24.9 Å². The molecule has 1 saturated heterocycles. The van der Waals surface area contributed by atoms with Gasteiger partial charge < -0.3 is 4.74 Å². The van der Waals surface area contributed by atoms with Crippen LogP contribution in [0.4, 0.5) is 0 Å². The minimum Gasteiger partial charge on any atom is -0.378 e. The van der Waals surface area contributed by atoms with Crippen LogP contribution in [0.15, 0.2) is 17.8 Å². The van der Waals surface area contributed by atoms with Gasteiger partial charge in [-0.05, 0) is 6.92 Å². The molecular weight excluding hydrogens is 260 g/mol. The monoisotopic (exact) mass is 278 g/mol.